The van der Waals surface area contributed by atoms with E-state index in [1.807, 2.05) is 23.6 Å². The van der Waals surface area contributed by atoms with Gasteiger partial charge in [-0.3, -0.25) is 10.1 Å². The van der Waals surface area contributed by atoms with Gasteiger partial charge in [-0.15, -0.1) is 11.3 Å². The van der Waals surface area contributed by atoms with Crippen LogP contribution in [-0.2, 0) is 11.3 Å². The number of aromatic nitrogens is 1. The third kappa shape index (κ3) is 4.00. The molecule has 1 heterocycles. The SMILES string of the molecule is COCc1cccc(C(=O)Nc2nc(-c3c(C)cc(C)cc3C)cs2)c1. The van der Waals surface area contributed by atoms with E-state index in [0.29, 0.717) is 17.3 Å². The van der Waals surface area contributed by atoms with E-state index in [0.717, 1.165) is 16.8 Å². The zero-order chi connectivity index (χ0) is 18.7. The van der Waals surface area contributed by atoms with Crippen LogP contribution in [0.3, 0.4) is 0 Å². The third-order valence-electron chi connectivity index (χ3n) is 4.16. The van der Waals surface area contributed by atoms with E-state index in [2.05, 4.69) is 43.2 Å². The molecule has 1 aromatic heterocycles. The molecule has 2 aromatic carbocycles. The average molecular weight is 366 g/mol. The number of methoxy groups -OCH3 is 1. The summed E-state index contributed by atoms with van der Waals surface area (Å²) in [5, 5.41) is 5.48. The highest BCUT2D eigenvalue weighted by Crippen LogP contribution is 2.31. The Labute approximate surface area is 157 Å². The maximum atomic E-state index is 12.5. The van der Waals surface area contributed by atoms with Crippen molar-refractivity contribution in [3.05, 3.63) is 69.6 Å². The lowest BCUT2D eigenvalue weighted by Crippen LogP contribution is -2.12. The van der Waals surface area contributed by atoms with Crippen molar-refractivity contribution in [3.8, 4) is 11.3 Å². The highest BCUT2D eigenvalue weighted by molar-refractivity contribution is 7.14. The van der Waals surface area contributed by atoms with Crippen LogP contribution in [0.4, 0.5) is 5.13 Å². The smallest absolute Gasteiger partial charge is 0.257 e. The molecule has 0 bridgehead atoms. The fourth-order valence-corrected chi connectivity index (χ4v) is 3.86. The Morgan fingerprint density at radius 3 is 2.58 bits per heavy atom. The second-order valence-electron chi connectivity index (χ2n) is 6.40. The first-order valence-electron chi connectivity index (χ1n) is 8.41. The topological polar surface area (TPSA) is 51.2 Å². The van der Waals surface area contributed by atoms with Gasteiger partial charge in [0.25, 0.3) is 5.91 Å². The second-order valence-corrected chi connectivity index (χ2v) is 7.26. The Balaban J connectivity index is 1.81. The number of carbonyl (C=O) groups is 1. The van der Waals surface area contributed by atoms with Crippen molar-refractivity contribution in [2.24, 2.45) is 0 Å². The molecule has 0 saturated heterocycles. The van der Waals surface area contributed by atoms with Crippen LogP contribution in [0.2, 0.25) is 0 Å². The molecule has 0 spiro atoms. The molecule has 26 heavy (non-hydrogen) atoms. The molecule has 0 aliphatic carbocycles. The summed E-state index contributed by atoms with van der Waals surface area (Å²) >= 11 is 1.44. The van der Waals surface area contributed by atoms with Gasteiger partial charge in [0.15, 0.2) is 5.13 Å². The van der Waals surface area contributed by atoms with Crippen LogP contribution >= 0.6 is 11.3 Å². The summed E-state index contributed by atoms with van der Waals surface area (Å²) in [6.07, 6.45) is 0. The molecule has 1 amide bonds. The Kier molecular flexibility index (Phi) is 5.49. The van der Waals surface area contributed by atoms with Gasteiger partial charge < -0.3 is 4.74 Å². The van der Waals surface area contributed by atoms with E-state index in [1.54, 1.807) is 13.2 Å². The van der Waals surface area contributed by atoms with Gasteiger partial charge in [-0.2, -0.15) is 0 Å². The molecular formula is C21H22N2O2S. The number of aryl methyl sites for hydroxylation is 3. The molecule has 0 fully saturated rings. The summed E-state index contributed by atoms with van der Waals surface area (Å²) in [6.45, 7) is 6.76. The number of hydrogen-bond donors (Lipinski definition) is 1. The lowest BCUT2D eigenvalue weighted by atomic mass is 9.98. The molecule has 3 rings (SSSR count). The van der Waals surface area contributed by atoms with Crippen molar-refractivity contribution in [2.75, 3.05) is 12.4 Å². The largest absolute Gasteiger partial charge is 0.380 e. The number of anilines is 1. The van der Waals surface area contributed by atoms with Crippen molar-refractivity contribution in [3.63, 3.8) is 0 Å². The summed E-state index contributed by atoms with van der Waals surface area (Å²) in [4.78, 5) is 17.1. The van der Waals surface area contributed by atoms with Gasteiger partial charge in [0.05, 0.1) is 12.3 Å². The van der Waals surface area contributed by atoms with Gasteiger partial charge in [-0.05, 0) is 49.6 Å². The molecule has 4 nitrogen and oxygen atoms in total. The number of thiazole rings is 1. The Bertz CT molecular complexity index is 924. The first-order valence-corrected chi connectivity index (χ1v) is 9.29. The van der Waals surface area contributed by atoms with Gasteiger partial charge >= 0.3 is 0 Å². The number of hydrogen-bond acceptors (Lipinski definition) is 4. The fraction of sp³-hybridized carbons (Fsp3) is 0.238. The Hall–Kier alpha value is -2.50. The van der Waals surface area contributed by atoms with Gasteiger partial charge in [-0.25, -0.2) is 4.98 Å². The zero-order valence-corrected chi connectivity index (χ0v) is 16.2. The monoisotopic (exact) mass is 366 g/mol. The van der Waals surface area contributed by atoms with E-state index in [9.17, 15) is 4.79 Å². The quantitative estimate of drug-likeness (QED) is 0.681. The number of nitrogens with zero attached hydrogens (tertiary/aromatic N) is 1. The van der Waals surface area contributed by atoms with Crippen LogP contribution in [0.25, 0.3) is 11.3 Å². The van der Waals surface area contributed by atoms with Crippen LogP contribution in [0.5, 0.6) is 0 Å². The van der Waals surface area contributed by atoms with Crippen LogP contribution in [0, 0.1) is 20.8 Å². The van der Waals surface area contributed by atoms with E-state index >= 15 is 0 Å². The van der Waals surface area contributed by atoms with Crippen molar-refractivity contribution in [1.82, 2.24) is 4.98 Å². The molecule has 134 valence electrons. The summed E-state index contributed by atoms with van der Waals surface area (Å²) in [5.41, 5.74) is 7.21. The number of ether oxygens (including phenoxy) is 1. The van der Waals surface area contributed by atoms with Crippen molar-refractivity contribution in [2.45, 2.75) is 27.4 Å². The number of rotatable bonds is 5. The first-order chi connectivity index (χ1) is 12.5. The molecule has 0 aliphatic heterocycles. The molecule has 3 aromatic rings. The predicted molar refractivity (Wildman–Crippen MR) is 107 cm³/mol. The summed E-state index contributed by atoms with van der Waals surface area (Å²) < 4.78 is 5.12. The van der Waals surface area contributed by atoms with Crippen molar-refractivity contribution >= 4 is 22.4 Å². The van der Waals surface area contributed by atoms with E-state index in [1.165, 1.54) is 28.0 Å². The maximum absolute atomic E-state index is 12.5. The number of carbonyl (C=O) groups excluding carboxylic acids is 1. The second kappa shape index (κ2) is 7.81. The molecule has 1 N–H and O–H groups in total. The highest BCUT2D eigenvalue weighted by Gasteiger charge is 2.13. The van der Waals surface area contributed by atoms with Crippen molar-refractivity contribution < 1.29 is 9.53 Å². The minimum atomic E-state index is -0.166. The Morgan fingerprint density at radius 1 is 1.15 bits per heavy atom. The summed E-state index contributed by atoms with van der Waals surface area (Å²) in [7, 11) is 1.64. The summed E-state index contributed by atoms with van der Waals surface area (Å²) in [5.74, 6) is -0.166. The average Bonchev–Trinajstić information content (AvgIpc) is 3.02. The number of amides is 1. The van der Waals surface area contributed by atoms with Crippen LogP contribution in [0.15, 0.2) is 41.8 Å². The predicted octanol–water partition coefficient (Wildman–Crippen LogP) is 5.13. The van der Waals surface area contributed by atoms with Gasteiger partial charge in [0.2, 0.25) is 0 Å². The molecule has 5 heteroatoms. The van der Waals surface area contributed by atoms with E-state index in [4.69, 9.17) is 4.74 Å². The van der Waals surface area contributed by atoms with Crippen LogP contribution in [-0.4, -0.2) is 18.0 Å². The molecule has 0 atom stereocenters. The molecule has 0 saturated carbocycles. The summed E-state index contributed by atoms with van der Waals surface area (Å²) in [6, 6.07) is 11.7. The third-order valence-corrected chi connectivity index (χ3v) is 4.92. The molecule has 0 unspecified atom stereocenters. The highest BCUT2D eigenvalue weighted by atomic mass is 32.1. The van der Waals surface area contributed by atoms with E-state index < -0.39 is 0 Å². The molecule has 0 radical (unpaired) electrons. The Morgan fingerprint density at radius 2 is 1.88 bits per heavy atom. The minimum absolute atomic E-state index is 0.166. The van der Waals surface area contributed by atoms with Crippen LogP contribution < -0.4 is 5.32 Å². The number of benzene rings is 2. The lowest BCUT2D eigenvalue weighted by molar-refractivity contribution is 0.102. The van der Waals surface area contributed by atoms with Crippen LogP contribution in [0.1, 0.15) is 32.6 Å². The lowest BCUT2D eigenvalue weighted by Gasteiger charge is -2.09. The minimum Gasteiger partial charge on any atom is -0.380 e. The molecular weight excluding hydrogens is 344 g/mol. The van der Waals surface area contributed by atoms with Crippen molar-refractivity contribution in [1.29, 1.82) is 0 Å². The van der Waals surface area contributed by atoms with Gasteiger partial charge in [0, 0.05) is 23.6 Å². The van der Waals surface area contributed by atoms with Gasteiger partial charge in [0.1, 0.15) is 0 Å². The number of nitrogens with one attached hydrogen (secondary N) is 1. The van der Waals surface area contributed by atoms with E-state index in [-0.39, 0.29) is 5.91 Å². The maximum Gasteiger partial charge on any atom is 0.257 e. The molecule has 0 aliphatic rings. The zero-order valence-electron chi connectivity index (χ0n) is 15.4. The standard InChI is InChI=1S/C21H22N2O2S/c1-13-8-14(2)19(15(3)9-13)18-12-26-21(22-18)23-20(24)17-7-5-6-16(10-17)11-25-4/h5-10,12H,11H2,1-4H3,(H,22,23,24). The fourth-order valence-electron chi connectivity index (χ4n) is 3.17. The van der Waals surface area contributed by atoms with Gasteiger partial charge in [-0.1, -0.05) is 29.8 Å². The normalized spacial score (nSPS) is 10.8. The first kappa shape index (κ1) is 18.3.